The summed E-state index contributed by atoms with van der Waals surface area (Å²) in [7, 11) is 1.86. The highest BCUT2D eigenvalue weighted by Crippen LogP contribution is 2.27. The first-order chi connectivity index (χ1) is 6.40. The van der Waals surface area contributed by atoms with E-state index in [1.54, 1.807) is 0 Å². The minimum Gasteiger partial charge on any atom is -0.381 e. The van der Waals surface area contributed by atoms with Crippen molar-refractivity contribution in [2.75, 3.05) is 20.2 Å². The largest absolute Gasteiger partial charge is 0.381 e. The molecule has 13 heavy (non-hydrogen) atoms. The van der Waals surface area contributed by atoms with Crippen LogP contribution in [0.5, 0.6) is 0 Å². The van der Waals surface area contributed by atoms with Crippen molar-refractivity contribution in [2.45, 2.75) is 50.7 Å². The van der Waals surface area contributed by atoms with E-state index in [0.717, 1.165) is 6.04 Å². The SMILES string of the molecule is COC1CCCC(N2CCCC2)C1. The number of rotatable bonds is 2. The first kappa shape index (κ1) is 9.47. The van der Waals surface area contributed by atoms with Crippen molar-refractivity contribution >= 4 is 0 Å². The highest BCUT2D eigenvalue weighted by Gasteiger charge is 2.27. The minimum absolute atomic E-state index is 0.541. The fourth-order valence-corrected chi connectivity index (χ4v) is 2.77. The Bertz CT molecular complexity index is 154. The molecule has 2 heteroatoms. The second-order valence-corrected chi connectivity index (χ2v) is 4.42. The second kappa shape index (κ2) is 4.43. The van der Waals surface area contributed by atoms with Crippen LogP contribution in [0.4, 0.5) is 0 Å². The Labute approximate surface area is 81.3 Å². The molecule has 2 fully saturated rings. The Hall–Kier alpha value is -0.0800. The molecular weight excluding hydrogens is 162 g/mol. The molecule has 2 unspecified atom stereocenters. The maximum atomic E-state index is 5.45. The first-order valence-corrected chi connectivity index (χ1v) is 5.67. The van der Waals surface area contributed by atoms with Gasteiger partial charge in [-0.3, -0.25) is 0 Å². The lowest BCUT2D eigenvalue weighted by atomic mass is 9.92. The van der Waals surface area contributed by atoms with Crippen molar-refractivity contribution in [3.05, 3.63) is 0 Å². The summed E-state index contributed by atoms with van der Waals surface area (Å²) in [6.07, 6.45) is 8.68. The van der Waals surface area contributed by atoms with Gasteiger partial charge in [-0.15, -0.1) is 0 Å². The molecule has 1 aliphatic heterocycles. The zero-order valence-electron chi connectivity index (χ0n) is 8.67. The molecule has 0 spiro atoms. The zero-order chi connectivity index (χ0) is 9.10. The fraction of sp³-hybridized carbons (Fsp3) is 1.00. The molecule has 0 bridgehead atoms. The van der Waals surface area contributed by atoms with Crippen molar-refractivity contribution in [1.82, 2.24) is 4.90 Å². The van der Waals surface area contributed by atoms with E-state index in [0.29, 0.717) is 6.10 Å². The molecular formula is C11H21NO. The smallest absolute Gasteiger partial charge is 0.0586 e. The number of ether oxygens (including phenoxy) is 1. The molecule has 0 N–H and O–H groups in total. The third-order valence-corrected chi connectivity index (χ3v) is 3.59. The van der Waals surface area contributed by atoms with E-state index in [4.69, 9.17) is 4.74 Å². The van der Waals surface area contributed by atoms with Crippen LogP contribution in [-0.4, -0.2) is 37.2 Å². The predicted molar refractivity (Wildman–Crippen MR) is 53.9 cm³/mol. The molecule has 0 aromatic heterocycles. The molecule has 0 radical (unpaired) electrons. The zero-order valence-corrected chi connectivity index (χ0v) is 8.67. The Morgan fingerprint density at radius 3 is 2.54 bits per heavy atom. The summed E-state index contributed by atoms with van der Waals surface area (Å²) in [5.74, 6) is 0. The van der Waals surface area contributed by atoms with Gasteiger partial charge in [0.1, 0.15) is 0 Å². The molecule has 2 nitrogen and oxygen atoms in total. The van der Waals surface area contributed by atoms with E-state index in [1.165, 1.54) is 51.6 Å². The van der Waals surface area contributed by atoms with Gasteiger partial charge in [0, 0.05) is 13.2 Å². The van der Waals surface area contributed by atoms with Gasteiger partial charge in [-0.1, -0.05) is 0 Å². The summed E-state index contributed by atoms with van der Waals surface area (Å²) < 4.78 is 5.45. The lowest BCUT2D eigenvalue weighted by Crippen LogP contribution is -2.38. The fourth-order valence-electron chi connectivity index (χ4n) is 2.77. The summed E-state index contributed by atoms with van der Waals surface area (Å²) in [5.41, 5.74) is 0. The van der Waals surface area contributed by atoms with Crippen molar-refractivity contribution in [3.8, 4) is 0 Å². The van der Waals surface area contributed by atoms with Crippen LogP contribution in [0.2, 0.25) is 0 Å². The number of nitrogens with zero attached hydrogens (tertiary/aromatic N) is 1. The second-order valence-electron chi connectivity index (χ2n) is 4.42. The van der Waals surface area contributed by atoms with Crippen molar-refractivity contribution < 1.29 is 4.74 Å². The summed E-state index contributed by atoms with van der Waals surface area (Å²) >= 11 is 0. The monoisotopic (exact) mass is 183 g/mol. The van der Waals surface area contributed by atoms with Crippen LogP contribution in [0.1, 0.15) is 38.5 Å². The van der Waals surface area contributed by atoms with Crippen molar-refractivity contribution in [2.24, 2.45) is 0 Å². The van der Waals surface area contributed by atoms with Gasteiger partial charge in [0.25, 0.3) is 0 Å². The molecule has 1 heterocycles. The van der Waals surface area contributed by atoms with E-state index < -0.39 is 0 Å². The summed E-state index contributed by atoms with van der Waals surface area (Å²) in [5, 5.41) is 0. The van der Waals surface area contributed by atoms with Gasteiger partial charge in [-0.2, -0.15) is 0 Å². The quantitative estimate of drug-likeness (QED) is 0.649. The third-order valence-electron chi connectivity index (χ3n) is 3.59. The average Bonchev–Trinajstić information content (AvgIpc) is 2.71. The minimum atomic E-state index is 0.541. The highest BCUT2D eigenvalue weighted by molar-refractivity contribution is 4.83. The molecule has 1 saturated carbocycles. The van der Waals surface area contributed by atoms with Gasteiger partial charge in [-0.25, -0.2) is 0 Å². The predicted octanol–water partition coefficient (Wildman–Crippen LogP) is 2.04. The van der Waals surface area contributed by atoms with Crippen molar-refractivity contribution in [3.63, 3.8) is 0 Å². The maximum absolute atomic E-state index is 5.45. The van der Waals surface area contributed by atoms with Crippen LogP contribution >= 0.6 is 0 Å². The molecule has 1 saturated heterocycles. The van der Waals surface area contributed by atoms with Crippen LogP contribution < -0.4 is 0 Å². The highest BCUT2D eigenvalue weighted by atomic mass is 16.5. The normalized spacial score (nSPS) is 36.7. The first-order valence-electron chi connectivity index (χ1n) is 5.67. The molecule has 2 atom stereocenters. The molecule has 0 amide bonds. The van der Waals surface area contributed by atoms with Gasteiger partial charge < -0.3 is 9.64 Å². The number of likely N-dealkylation sites (tertiary alicyclic amines) is 1. The van der Waals surface area contributed by atoms with Crippen molar-refractivity contribution in [1.29, 1.82) is 0 Å². The van der Waals surface area contributed by atoms with E-state index in [-0.39, 0.29) is 0 Å². The number of methoxy groups -OCH3 is 1. The molecule has 0 aromatic carbocycles. The number of hydrogen-bond acceptors (Lipinski definition) is 2. The molecule has 0 aromatic rings. The summed E-state index contributed by atoms with van der Waals surface area (Å²) in [6.45, 7) is 2.67. The Morgan fingerprint density at radius 2 is 1.85 bits per heavy atom. The molecule has 1 aliphatic carbocycles. The summed E-state index contributed by atoms with van der Waals surface area (Å²) in [4.78, 5) is 2.67. The van der Waals surface area contributed by atoms with Gasteiger partial charge in [-0.05, 0) is 51.6 Å². The standard InChI is InChI=1S/C11H21NO/c1-13-11-6-4-5-10(9-11)12-7-2-3-8-12/h10-11H,2-9H2,1H3. The topological polar surface area (TPSA) is 12.5 Å². The Kier molecular flexibility index (Phi) is 3.23. The summed E-state index contributed by atoms with van der Waals surface area (Å²) in [6, 6.07) is 0.834. The van der Waals surface area contributed by atoms with Gasteiger partial charge in [0.05, 0.1) is 6.10 Å². The van der Waals surface area contributed by atoms with Gasteiger partial charge in [0.2, 0.25) is 0 Å². The van der Waals surface area contributed by atoms with E-state index >= 15 is 0 Å². The van der Waals surface area contributed by atoms with Crippen LogP contribution in [0.3, 0.4) is 0 Å². The third kappa shape index (κ3) is 2.23. The van der Waals surface area contributed by atoms with E-state index in [9.17, 15) is 0 Å². The lowest BCUT2D eigenvalue weighted by molar-refractivity contribution is 0.0341. The maximum Gasteiger partial charge on any atom is 0.0586 e. The van der Waals surface area contributed by atoms with Crippen LogP contribution in [0.25, 0.3) is 0 Å². The lowest BCUT2D eigenvalue weighted by Gasteiger charge is -2.34. The number of hydrogen-bond donors (Lipinski definition) is 0. The van der Waals surface area contributed by atoms with Gasteiger partial charge >= 0.3 is 0 Å². The average molecular weight is 183 g/mol. The molecule has 76 valence electrons. The molecule has 2 aliphatic rings. The van der Waals surface area contributed by atoms with Crippen LogP contribution in [0, 0.1) is 0 Å². The Balaban J connectivity index is 1.84. The van der Waals surface area contributed by atoms with Gasteiger partial charge in [0.15, 0.2) is 0 Å². The van der Waals surface area contributed by atoms with Crippen LogP contribution in [0.15, 0.2) is 0 Å². The molecule has 2 rings (SSSR count). The van der Waals surface area contributed by atoms with E-state index in [1.807, 2.05) is 7.11 Å². The Morgan fingerprint density at radius 1 is 1.08 bits per heavy atom. The van der Waals surface area contributed by atoms with E-state index in [2.05, 4.69) is 4.90 Å². The van der Waals surface area contributed by atoms with Crippen LogP contribution in [-0.2, 0) is 4.74 Å².